The largest absolute Gasteiger partial charge is 0.355 e. The van der Waals surface area contributed by atoms with Crippen LogP contribution < -0.4 is 5.32 Å². The van der Waals surface area contributed by atoms with E-state index in [0.717, 1.165) is 18.4 Å². The van der Waals surface area contributed by atoms with Crippen molar-refractivity contribution in [1.82, 2.24) is 5.32 Å². The predicted octanol–water partition coefficient (Wildman–Crippen LogP) is 3.02. The van der Waals surface area contributed by atoms with E-state index >= 15 is 0 Å². The van der Waals surface area contributed by atoms with Gasteiger partial charge in [0.05, 0.1) is 0 Å². The molecule has 0 radical (unpaired) electrons. The summed E-state index contributed by atoms with van der Waals surface area (Å²) in [5.74, 6) is -0.149. The molecule has 1 aliphatic rings. The molecule has 0 aliphatic heterocycles. The van der Waals surface area contributed by atoms with Crippen LogP contribution in [0.25, 0.3) is 0 Å². The third-order valence-electron chi connectivity index (χ3n) is 3.58. The first-order chi connectivity index (χ1) is 8.33. The predicted molar refractivity (Wildman–Crippen MR) is 69.8 cm³/mol. The average molecular weight is 249 g/mol. The van der Waals surface area contributed by atoms with Gasteiger partial charge < -0.3 is 5.32 Å². The maximum Gasteiger partial charge on any atom is 0.225 e. The lowest BCUT2D eigenvalue weighted by molar-refractivity contribution is -0.128. The van der Waals surface area contributed by atoms with Crippen molar-refractivity contribution in [1.29, 1.82) is 0 Å². The summed E-state index contributed by atoms with van der Waals surface area (Å²) in [5.41, 5.74) is 0.797. The van der Waals surface area contributed by atoms with Gasteiger partial charge in [0.1, 0.15) is 5.82 Å². The lowest BCUT2D eigenvalue weighted by Crippen LogP contribution is -2.39. The van der Waals surface area contributed by atoms with Gasteiger partial charge in [-0.15, -0.1) is 0 Å². The van der Waals surface area contributed by atoms with Crippen LogP contribution in [0.5, 0.6) is 0 Å². The molecule has 98 valence electrons. The second-order valence-corrected chi connectivity index (χ2v) is 6.22. The van der Waals surface area contributed by atoms with Crippen molar-refractivity contribution < 1.29 is 9.18 Å². The van der Waals surface area contributed by atoms with Gasteiger partial charge in [0, 0.05) is 17.4 Å². The Morgan fingerprint density at radius 2 is 1.83 bits per heavy atom. The molecule has 0 spiro atoms. The lowest BCUT2D eigenvalue weighted by atomic mass is 9.93. The van der Waals surface area contributed by atoms with Crippen LogP contribution in [0.2, 0.25) is 0 Å². The molecular formula is C15H20FNO. The number of hydrogen-bond donors (Lipinski definition) is 1. The Labute approximate surface area is 108 Å². The molecule has 1 fully saturated rings. The van der Waals surface area contributed by atoms with E-state index in [0.29, 0.717) is 6.54 Å². The minimum atomic E-state index is -0.362. The van der Waals surface area contributed by atoms with Gasteiger partial charge in [-0.2, -0.15) is 0 Å². The van der Waals surface area contributed by atoms with Crippen LogP contribution in [0.3, 0.4) is 0 Å². The molecule has 0 unspecified atom stereocenters. The highest BCUT2D eigenvalue weighted by Crippen LogP contribution is 2.47. The number of hydrogen-bond acceptors (Lipinski definition) is 1. The van der Waals surface area contributed by atoms with Crippen LogP contribution in [0.4, 0.5) is 4.39 Å². The van der Waals surface area contributed by atoms with Gasteiger partial charge in [-0.25, -0.2) is 4.39 Å². The Kier molecular flexibility index (Phi) is 3.18. The molecule has 1 aromatic rings. The highest BCUT2D eigenvalue weighted by atomic mass is 19.1. The van der Waals surface area contributed by atoms with Crippen molar-refractivity contribution in [2.75, 3.05) is 6.54 Å². The molecule has 0 atom stereocenters. The van der Waals surface area contributed by atoms with Crippen LogP contribution >= 0.6 is 0 Å². The van der Waals surface area contributed by atoms with E-state index in [9.17, 15) is 9.18 Å². The van der Waals surface area contributed by atoms with Gasteiger partial charge in [0.25, 0.3) is 0 Å². The van der Waals surface area contributed by atoms with E-state index in [2.05, 4.69) is 5.32 Å². The SMILES string of the molecule is CC(C)(C)C(=O)NCC1(c2ccc(F)cc2)CC1. The number of amides is 1. The standard InChI is InChI=1S/C15H20FNO/c1-14(2,3)13(18)17-10-15(8-9-15)11-4-6-12(16)7-5-11/h4-7H,8-10H2,1-3H3,(H,17,18). The molecule has 0 bridgehead atoms. The second-order valence-electron chi connectivity index (χ2n) is 6.22. The molecule has 3 heteroatoms. The maximum atomic E-state index is 12.9. The third-order valence-corrected chi connectivity index (χ3v) is 3.58. The number of halogens is 1. The van der Waals surface area contributed by atoms with Gasteiger partial charge in [-0.1, -0.05) is 32.9 Å². The highest BCUT2D eigenvalue weighted by Gasteiger charge is 2.44. The topological polar surface area (TPSA) is 29.1 Å². The maximum absolute atomic E-state index is 12.9. The first-order valence-electron chi connectivity index (χ1n) is 6.38. The molecule has 2 nitrogen and oxygen atoms in total. The zero-order valence-corrected chi connectivity index (χ0v) is 11.2. The Morgan fingerprint density at radius 1 is 1.28 bits per heavy atom. The Morgan fingerprint density at radius 3 is 2.28 bits per heavy atom. The summed E-state index contributed by atoms with van der Waals surface area (Å²) in [4.78, 5) is 11.9. The Hall–Kier alpha value is -1.38. The van der Waals surface area contributed by atoms with Gasteiger partial charge >= 0.3 is 0 Å². The van der Waals surface area contributed by atoms with Crippen molar-refractivity contribution in [3.8, 4) is 0 Å². The van der Waals surface area contributed by atoms with Gasteiger partial charge in [0.15, 0.2) is 0 Å². The highest BCUT2D eigenvalue weighted by molar-refractivity contribution is 5.81. The molecule has 0 aromatic heterocycles. The van der Waals surface area contributed by atoms with E-state index in [1.807, 2.05) is 32.9 Å². The van der Waals surface area contributed by atoms with Crippen molar-refractivity contribution in [2.45, 2.75) is 39.0 Å². The molecule has 0 saturated heterocycles. The Bertz CT molecular complexity index is 441. The number of nitrogens with one attached hydrogen (secondary N) is 1. The number of carbonyl (C=O) groups excluding carboxylic acids is 1. The summed E-state index contributed by atoms with van der Waals surface area (Å²) >= 11 is 0. The lowest BCUT2D eigenvalue weighted by Gasteiger charge is -2.22. The quantitative estimate of drug-likeness (QED) is 0.876. The smallest absolute Gasteiger partial charge is 0.225 e. The van der Waals surface area contributed by atoms with E-state index in [4.69, 9.17) is 0 Å². The summed E-state index contributed by atoms with van der Waals surface area (Å²) in [6.07, 6.45) is 2.12. The molecule has 1 aliphatic carbocycles. The second kappa shape index (κ2) is 4.38. The summed E-state index contributed by atoms with van der Waals surface area (Å²) in [5, 5.41) is 3.01. The number of benzene rings is 1. The normalized spacial score (nSPS) is 17.3. The first-order valence-corrected chi connectivity index (χ1v) is 6.38. The van der Waals surface area contributed by atoms with Crippen LogP contribution in [0.15, 0.2) is 24.3 Å². The summed E-state index contributed by atoms with van der Waals surface area (Å²) in [6.45, 7) is 6.36. The van der Waals surface area contributed by atoms with Crippen LogP contribution in [0.1, 0.15) is 39.2 Å². The van der Waals surface area contributed by atoms with Crippen molar-refractivity contribution in [2.24, 2.45) is 5.41 Å². The van der Waals surface area contributed by atoms with Crippen molar-refractivity contribution in [3.05, 3.63) is 35.6 Å². The van der Waals surface area contributed by atoms with Crippen LogP contribution in [-0.2, 0) is 10.2 Å². The van der Waals surface area contributed by atoms with Crippen molar-refractivity contribution >= 4 is 5.91 Å². The third kappa shape index (κ3) is 2.71. The fourth-order valence-electron chi connectivity index (χ4n) is 2.04. The van der Waals surface area contributed by atoms with Crippen LogP contribution in [0, 0.1) is 11.2 Å². The molecule has 18 heavy (non-hydrogen) atoms. The monoisotopic (exact) mass is 249 g/mol. The fourth-order valence-corrected chi connectivity index (χ4v) is 2.04. The van der Waals surface area contributed by atoms with Crippen molar-refractivity contribution in [3.63, 3.8) is 0 Å². The summed E-state index contributed by atoms with van der Waals surface area (Å²) in [6, 6.07) is 6.62. The molecule has 1 aromatic carbocycles. The minimum Gasteiger partial charge on any atom is -0.355 e. The molecule has 1 N–H and O–H groups in total. The summed E-state index contributed by atoms with van der Waals surface area (Å²) < 4.78 is 12.9. The van der Waals surface area contributed by atoms with E-state index in [-0.39, 0.29) is 22.6 Å². The fraction of sp³-hybridized carbons (Fsp3) is 0.533. The van der Waals surface area contributed by atoms with E-state index in [1.165, 1.54) is 12.1 Å². The van der Waals surface area contributed by atoms with Gasteiger partial charge in [-0.3, -0.25) is 4.79 Å². The zero-order chi connectivity index (χ0) is 13.4. The number of rotatable bonds is 3. The molecular weight excluding hydrogens is 229 g/mol. The number of carbonyl (C=O) groups is 1. The van der Waals surface area contributed by atoms with E-state index < -0.39 is 0 Å². The zero-order valence-electron chi connectivity index (χ0n) is 11.2. The molecule has 2 rings (SSSR count). The minimum absolute atomic E-state index is 0.0363. The Balaban J connectivity index is 2.01. The van der Waals surface area contributed by atoms with Gasteiger partial charge in [-0.05, 0) is 30.5 Å². The van der Waals surface area contributed by atoms with Crippen LogP contribution in [-0.4, -0.2) is 12.5 Å². The summed E-state index contributed by atoms with van der Waals surface area (Å²) in [7, 11) is 0. The van der Waals surface area contributed by atoms with Gasteiger partial charge in [0.2, 0.25) is 5.91 Å². The molecule has 1 amide bonds. The molecule has 0 heterocycles. The first kappa shape index (κ1) is 13.1. The van der Waals surface area contributed by atoms with E-state index in [1.54, 1.807) is 0 Å². The molecule has 1 saturated carbocycles. The average Bonchev–Trinajstić information content (AvgIpc) is 3.06.